The van der Waals surface area contributed by atoms with Gasteiger partial charge in [0.1, 0.15) is 15.7 Å². The summed E-state index contributed by atoms with van der Waals surface area (Å²) in [6.45, 7) is 0. The Morgan fingerprint density at radius 3 is 3.13 bits per heavy atom. The van der Waals surface area contributed by atoms with Gasteiger partial charge >= 0.3 is 0 Å². The highest BCUT2D eigenvalue weighted by Crippen LogP contribution is 2.34. The quantitative estimate of drug-likeness (QED) is 0.751. The van der Waals surface area contributed by atoms with Gasteiger partial charge < -0.3 is 10.3 Å². The van der Waals surface area contributed by atoms with Crippen molar-refractivity contribution in [1.29, 1.82) is 0 Å². The lowest BCUT2D eigenvalue weighted by Gasteiger charge is -2.02. The summed E-state index contributed by atoms with van der Waals surface area (Å²) in [5.41, 5.74) is 1.08. The van der Waals surface area contributed by atoms with E-state index in [9.17, 15) is 9.59 Å². The van der Waals surface area contributed by atoms with Gasteiger partial charge in [0, 0.05) is 29.3 Å². The van der Waals surface area contributed by atoms with Crippen LogP contribution in [0.25, 0.3) is 10.2 Å². The first-order valence-corrected chi connectivity index (χ1v) is 8.90. The predicted octanol–water partition coefficient (Wildman–Crippen LogP) is 1.90. The van der Waals surface area contributed by atoms with Gasteiger partial charge in [0.2, 0.25) is 5.91 Å². The second-order valence-corrected chi connectivity index (χ2v) is 7.25. The van der Waals surface area contributed by atoms with Crippen LogP contribution in [-0.2, 0) is 24.1 Å². The van der Waals surface area contributed by atoms with Gasteiger partial charge in [-0.05, 0) is 24.8 Å². The van der Waals surface area contributed by atoms with Crippen molar-refractivity contribution in [3.63, 3.8) is 0 Å². The van der Waals surface area contributed by atoms with E-state index in [2.05, 4.69) is 24.9 Å². The number of aryl methyl sites for hydroxylation is 3. The molecule has 23 heavy (non-hydrogen) atoms. The number of nitrogens with one attached hydrogen (secondary N) is 2. The Morgan fingerprint density at radius 2 is 2.30 bits per heavy atom. The number of hydrogen-bond donors (Lipinski definition) is 2. The lowest BCUT2D eigenvalue weighted by atomic mass is 10.2. The highest BCUT2D eigenvalue weighted by molar-refractivity contribution is 7.18. The van der Waals surface area contributed by atoms with Crippen LogP contribution < -0.4 is 10.9 Å². The van der Waals surface area contributed by atoms with Gasteiger partial charge in [0.25, 0.3) is 5.56 Å². The van der Waals surface area contributed by atoms with E-state index in [0.717, 1.165) is 41.0 Å². The summed E-state index contributed by atoms with van der Waals surface area (Å²) in [6.07, 6.45) is 5.26. The molecule has 3 aromatic rings. The number of nitrogens with zero attached hydrogens (tertiary/aromatic N) is 3. The van der Waals surface area contributed by atoms with Gasteiger partial charge in [-0.2, -0.15) is 0 Å². The summed E-state index contributed by atoms with van der Waals surface area (Å²) in [7, 11) is 0. The van der Waals surface area contributed by atoms with Crippen molar-refractivity contribution in [2.75, 3.05) is 5.32 Å². The highest BCUT2D eigenvalue weighted by Gasteiger charge is 2.21. The number of anilines is 1. The molecule has 0 radical (unpaired) electrons. The van der Waals surface area contributed by atoms with Crippen molar-refractivity contribution >= 4 is 44.0 Å². The first-order chi connectivity index (χ1) is 11.2. The molecule has 0 spiro atoms. The van der Waals surface area contributed by atoms with E-state index in [0.29, 0.717) is 17.2 Å². The topological polar surface area (TPSA) is 101 Å². The number of H-pyrrole nitrogens is 1. The smallest absolute Gasteiger partial charge is 0.259 e. The molecule has 3 heterocycles. The van der Waals surface area contributed by atoms with Crippen LogP contribution >= 0.6 is 22.9 Å². The van der Waals surface area contributed by atoms with Crippen LogP contribution in [0.2, 0.25) is 0 Å². The Kier molecular flexibility index (Phi) is 3.66. The van der Waals surface area contributed by atoms with Gasteiger partial charge in [-0.1, -0.05) is 4.49 Å². The number of aromatic nitrogens is 4. The highest BCUT2D eigenvalue weighted by atomic mass is 32.1. The molecule has 118 valence electrons. The molecule has 0 atom stereocenters. The van der Waals surface area contributed by atoms with Crippen LogP contribution in [0.15, 0.2) is 11.0 Å². The Morgan fingerprint density at radius 1 is 1.39 bits per heavy atom. The Hall–Kier alpha value is -2.13. The van der Waals surface area contributed by atoms with Crippen molar-refractivity contribution in [2.24, 2.45) is 0 Å². The number of aromatic amines is 1. The first kappa shape index (κ1) is 14.5. The third kappa shape index (κ3) is 2.77. The molecule has 7 nitrogen and oxygen atoms in total. The number of fused-ring (bicyclic) bond motifs is 3. The normalized spacial score (nSPS) is 13.4. The van der Waals surface area contributed by atoms with E-state index in [1.807, 2.05) is 0 Å². The molecule has 0 saturated carbocycles. The minimum absolute atomic E-state index is 0.0866. The van der Waals surface area contributed by atoms with Gasteiger partial charge in [-0.15, -0.1) is 16.4 Å². The standard InChI is InChI=1S/C14H13N5O2S2/c20-10(18-11-6-15-19-23-11)5-4-9-16-13(21)12-7-2-1-3-8(7)22-14(12)17-9/h6H,1-5H2,(H,18,20)(H,16,17,21). The van der Waals surface area contributed by atoms with Crippen LogP contribution in [0.5, 0.6) is 0 Å². The zero-order chi connectivity index (χ0) is 15.8. The van der Waals surface area contributed by atoms with Crippen molar-refractivity contribution in [3.8, 4) is 0 Å². The molecule has 1 aliphatic carbocycles. The van der Waals surface area contributed by atoms with Crippen LogP contribution in [0, 0.1) is 0 Å². The fourth-order valence-electron chi connectivity index (χ4n) is 2.82. The second-order valence-electron chi connectivity index (χ2n) is 5.38. The molecule has 0 aliphatic heterocycles. The molecule has 3 aromatic heterocycles. The average molecular weight is 347 g/mol. The maximum atomic E-state index is 12.3. The summed E-state index contributed by atoms with van der Waals surface area (Å²) in [5.74, 6) is 0.410. The summed E-state index contributed by atoms with van der Waals surface area (Å²) >= 11 is 2.73. The van der Waals surface area contributed by atoms with Crippen molar-refractivity contribution in [2.45, 2.75) is 32.1 Å². The predicted molar refractivity (Wildman–Crippen MR) is 89.1 cm³/mol. The number of carbonyl (C=O) groups is 1. The number of hydrogen-bond acceptors (Lipinski definition) is 7. The first-order valence-electron chi connectivity index (χ1n) is 7.31. The van der Waals surface area contributed by atoms with Gasteiger partial charge in [0.05, 0.1) is 11.6 Å². The molecule has 2 N–H and O–H groups in total. The van der Waals surface area contributed by atoms with Crippen LogP contribution in [0.3, 0.4) is 0 Å². The Bertz CT molecular complexity index is 929. The van der Waals surface area contributed by atoms with Crippen molar-refractivity contribution in [1.82, 2.24) is 19.6 Å². The molecule has 0 aromatic carbocycles. The third-order valence-electron chi connectivity index (χ3n) is 3.84. The van der Waals surface area contributed by atoms with E-state index in [4.69, 9.17) is 0 Å². The van der Waals surface area contributed by atoms with E-state index >= 15 is 0 Å². The van der Waals surface area contributed by atoms with Gasteiger partial charge in [-0.25, -0.2) is 4.98 Å². The minimum Gasteiger partial charge on any atom is -0.315 e. The lowest BCUT2D eigenvalue weighted by Crippen LogP contribution is -2.15. The fraction of sp³-hybridized carbons (Fsp3) is 0.357. The van der Waals surface area contributed by atoms with E-state index in [1.165, 1.54) is 16.6 Å². The third-order valence-corrected chi connectivity index (χ3v) is 5.60. The maximum absolute atomic E-state index is 12.3. The zero-order valence-electron chi connectivity index (χ0n) is 12.1. The monoisotopic (exact) mass is 347 g/mol. The fourth-order valence-corrected chi connectivity index (χ4v) is 4.54. The van der Waals surface area contributed by atoms with Crippen molar-refractivity contribution in [3.05, 3.63) is 32.8 Å². The van der Waals surface area contributed by atoms with Crippen LogP contribution in [0.4, 0.5) is 5.00 Å². The van der Waals surface area contributed by atoms with Crippen molar-refractivity contribution < 1.29 is 4.79 Å². The lowest BCUT2D eigenvalue weighted by molar-refractivity contribution is -0.116. The summed E-state index contributed by atoms with van der Waals surface area (Å²) < 4.78 is 3.68. The summed E-state index contributed by atoms with van der Waals surface area (Å²) in [5, 5.41) is 7.73. The molecule has 0 saturated heterocycles. The summed E-state index contributed by atoms with van der Waals surface area (Å²) in [4.78, 5) is 33.6. The summed E-state index contributed by atoms with van der Waals surface area (Å²) in [6, 6.07) is 0. The van der Waals surface area contributed by atoms with E-state index < -0.39 is 0 Å². The largest absolute Gasteiger partial charge is 0.315 e. The molecule has 1 aliphatic rings. The average Bonchev–Trinajstić information content (AvgIpc) is 3.21. The van der Waals surface area contributed by atoms with Gasteiger partial charge in [0.15, 0.2) is 0 Å². The molecule has 0 fully saturated rings. The molecular weight excluding hydrogens is 334 g/mol. The number of thiophene rings is 1. The van der Waals surface area contributed by atoms with Crippen LogP contribution in [-0.4, -0.2) is 25.5 Å². The molecule has 0 bridgehead atoms. The van der Waals surface area contributed by atoms with Crippen LogP contribution in [0.1, 0.15) is 29.1 Å². The molecular formula is C14H13N5O2S2. The van der Waals surface area contributed by atoms with E-state index in [-0.39, 0.29) is 17.9 Å². The Labute approximate surface area is 138 Å². The van der Waals surface area contributed by atoms with Gasteiger partial charge in [-0.3, -0.25) is 9.59 Å². The SMILES string of the molecule is O=C(CCc1nc2sc3c(c2c(=O)[nH]1)CCC3)Nc1cnns1. The number of amides is 1. The maximum Gasteiger partial charge on any atom is 0.259 e. The number of rotatable bonds is 4. The molecule has 0 unspecified atom stereocenters. The molecule has 9 heteroatoms. The minimum atomic E-state index is -0.146. The molecule has 1 amide bonds. The van der Waals surface area contributed by atoms with E-state index in [1.54, 1.807) is 11.3 Å². The zero-order valence-corrected chi connectivity index (χ0v) is 13.7. The molecule has 4 rings (SSSR count). The Balaban J connectivity index is 1.51. The second kappa shape index (κ2) is 5.82. The number of carbonyl (C=O) groups excluding carboxylic acids is 1.